The number of hydrogen-bond acceptors (Lipinski definition) is 6. The molecule has 3 heterocycles. The van der Waals surface area contributed by atoms with Gasteiger partial charge in [-0.15, -0.1) is 10.2 Å². The van der Waals surface area contributed by atoms with Gasteiger partial charge in [0.05, 0.1) is 13.2 Å². The van der Waals surface area contributed by atoms with Crippen molar-refractivity contribution in [2.24, 2.45) is 5.92 Å². The lowest BCUT2D eigenvalue weighted by Gasteiger charge is -2.35. The summed E-state index contributed by atoms with van der Waals surface area (Å²) in [6, 6.07) is 4.10. The van der Waals surface area contributed by atoms with Gasteiger partial charge in [0.15, 0.2) is 11.6 Å². The molecule has 2 saturated heterocycles. The van der Waals surface area contributed by atoms with E-state index in [0.29, 0.717) is 5.91 Å². The SMILES string of the molecule is O=C(CCC1CCCC1)N1CCN(c2ccc(N3CCOCC3)nn2)CC1. The van der Waals surface area contributed by atoms with Gasteiger partial charge in [0.25, 0.3) is 0 Å². The van der Waals surface area contributed by atoms with Crippen molar-refractivity contribution in [2.45, 2.75) is 38.5 Å². The summed E-state index contributed by atoms with van der Waals surface area (Å²) in [4.78, 5) is 19.0. The van der Waals surface area contributed by atoms with Crippen molar-refractivity contribution in [3.63, 3.8) is 0 Å². The van der Waals surface area contributed by atoms with Gasteiger partial charge in [-0.3, -0.25) is 4.79 Å². The van der Waals surface area contributed by atoms with Crippen LogP contribution in [0.3, 0.4) is 0 Å². The van der Waals surface area contributed by atoms with Crippen LogP contribution in [0.15, 0.2) is 12.1 Å². The fourth-order valence-corrected chi connectivity index (χ4v) is 4.42. The van der Waals surface area contributed by atoms with Crippen LogP contribution in [0, 0.1) is 5.92 Å². The van der Waals surface area contributed by atoms with Crippen molar-refractivity contribution in [2.75, 3.05) is 62.3 Å². The van der Waals surface area contributed by atoms with E-state index in [1.165, 1.54) is 25.7 Å². The van der Waals surface area contributed by atoms with Crippen LogP contribution < -0.4 is 9.80 Å². The van der Waals surface area contributed by atoms with E-state index in [-0.39, 0.29) is 0 Å². The molecule has 27 heavy (non-hydrogen) atoms. The van der Waals surface area contributed by atoms with E-state index in [4.69, 9.17) is 4.74 Å². The second-order valence-electron chi connectivity index (χ2n) is 7.91. The third-order valence-corrected chi connectivity index (χ3v) is 6.17. The third kappa shape index (κ3) is 4.69. The average Bonchev–Trinajstić information content (AvgIpc) is 3.27. The zero-order valence-corrected chi connectivity index (χ0v) is 16.2. The fourth-order valence-electron chi connectivity index (χ4n) is 4.42. The summed E-state index contributed by atoms with van der Waals surface area (Å²) in [6.45, 7) is 6.49. The molecule has 3 fully saturated rings. The van der Waals surface area contributed by atoms with E-state index >= 15 is 0 Å². The molecule has 0 unspecified atom stereocenters. The molecule has 0 aromatic carbocycles. The van der Waals surface area contributed by atoms with Gasteiger partial charge >= 0.3 is 0 Å². The molecule has 7 nitrogen and oxygen atoms in total. The molecule has 1 aliphatic carbocycles. The van der Waals surface area contributed by atoms with Crippen molar-refractivity contribution in [1.82, 2.24) is 15.1 Å². The van der Waals surface area contributed by atoms with Crippen LogP contribution in [0.4, 0.5) is 11.6 Å². The predicted octanol–water partition coefficient (Wildman–Crippen LogP) is 1.93. The largest absolute Gasteiger partial charge is 0.378 e. The zero-order chi connectivity index (χ0) is 18.5. The summed E-state index contributed by atoms with van der Waals surface area (Å²) < 4.78 is 5.39. The Morgan fingerprint density at radius 3 is 2.11 bits per heavy atom. The zero-order valence-electron chi connectivity index (χ0n) is 16.2. The minimum atomic E-state index is 0.329. The van der Waals surface area contributed by atoms with Crippen molar-refractivity contribution < 1.29 is 9.53 Å². The van der Waals surface area contributed by atoms with Crippen LogP contribution in [0.5, 0.6) is 0 Å². The molecule has 7 heteroatoms. The standard InChI is InChI=1S/C20H31N5O2/c26-20(8-5-17-3-1-2-4-17)25-11-9-23(10-12-25)18-6-7-19(22-21-18)24-13-15-27-16-14-24/h6-7,17H,1-5,8-16H2. The molecule has 3 aliphatic rings. The molecular weight excluding hydrogens is 342 g/mol. The lowest BCUT2D eigenvalue weighted by atomic mass is 10.0. The summed E-state index contributed by atoms with van der Waals surface area (Å²) in [7, 11) is 0. The molecule has 1 saturated carbocycles. The Balaban J connectivity index is 1.24. The first-order chi connectivity index (χ1) is 13.3. The molecule has 0 atom stereocenters. The fraction of sp³-hybridized carbons (Fsp3) is 0.750. The van der Waals surface area contributed by atoms with E-state index in [1.54, 1.807) is 0 Å². The number of rotatable bonds is 5. The van der Waals surface area contributed by atoms with Gasteiger partial charge in [-0.1, -0.05) is 25.7 Å². The topological polar surface area (TPSA) is 61.8 Å². The third-order valence-electron chi connectivity index (χ3n) is 6.17. The van der Waals surface area contributed by atoms with Gasteiger partial charge in [-0.2, -0.15) is 0 Å². The lowest BCUT2D eigenvalue weighted by Crippen LogP contribution is -2.49. The predicted molar refractivity (Wildman–Crippen MR) is 105 cm³/mol. The number of piperazine rings is 1. The number of ether oxygens (including phenoxy) is 1. The Bertz CT molecular complexity index is 603. The van der Waals surface area contributed by atoms with Crippen LogP contribution in [-0.2, 0) is 9.53 Å². The van der Waals surface area contributed by atoms with Crippen LogP contribution in [0.2, 0.25) is 0 Å². The molecule has 2 aliphatic heterocycles. The maximum atomic E-state index is 12.5. The highest BCUT2D eigenvalue weighted by molar-refractivity contribution is 5.76. The highest BCUT2D eigenvalue weighted by atomic mass is 16.5. The van der Waals surface area contributed by atoms with Gasteiger partial charge in [0.1, 0.15) is 0 Å². The highest BCUT2D eigenvalue weighted by Gasteiger charge is 2.24. The number of nitrogens with zero attached hydrogens (tertiary/aromatic N) is 5. The summed E-state index contributed by atoms with van der Waals surface area (Å²) >= 11 is 0. The van der Waals surface area contributed by atoms with Crippen molar-refractivity contribution in [3.8, 4) is 0 Å². The van der Waals surface area contributed by atoms with Crippen LogP contribution in [-0.4, -0.2) is 73.5 Å². The minimum absolute atomic E-state index is 0.329. The Morgan fingerprint density at radius 2 is 1.52 bits per heavy atom. The minimum Gasteiger partial charge on any atom is -0.378 e. The quantitative estimate of drug-likeness (QED) is 0.786. The van der Waals surface area contributed by atoms with Crippen LogP contribution in [0.1, 0.15) is 38.5 Å². The van der Waals surface area contributed by atoms with Crippen molar-refractivity contribution in [3.05, 3.63) is 12.1 Å². The van der Waals surface area contributed by atoms with Gasteiger partial charge in [0.2, 0.25) is 5.91 Å². The maximum absolute atomic E-state index is 12.5. The van der Waals surface area contributed by atoms with E-state index in [9.17, 15) is 4.79 Å². The monoisotopic (exact) mass is 373 g/mol. The molecule has 0 spiro atoms. The first-order valence-electron chi connectivity index (χ1n) is 10.5. The van der Waals surface area contributed by atoms with Crippen molar-refractivity contribution >= 4 is 17.5 Å². The summed E-state index contributed by atoms with van der Waals surface area (Å²) in [6.07, 6.45) is 7.14. The molecule has 0 radical (unpaired) electrons. The lowest BCUT2D eigenvalue weighted by molar-refractivity contribution is -0.131. The Labute approximate surface area is 161 Å². The number of morpholine rings is 1. The van der Waals surface area contributed by atoms with E-state index in [2.05, 4.69) is 26.1 Å². The number of carbonyl (C=O) groups is 1. The molecule has 0 N–H and O–H groups in total. The molecule has 0 bridgehead atoms. The van der Waals surface area contributed by atoms with Gasteiger partial charge in [-0.05, 0) is 24.5 Å². The number of amides is 1. The molecular formula is C20H31N5O2. The summed E-state index contributed by atoms with van der Waals surface area (Å²) in [5.74, 6) is 2.94. The van der Waals surface area contributed by atoms with Crippen LogP contribution in [0.25, 0.3) is 0 Å². The number of anilines is 2. The molecule has 1 amide bonds. The first-order valence-corrected chi connectivity index (χ1v) is 10.5. The highest BCUT2D eigenvalue weighted by Crippen LogP contribution is 2.28. The average molecular weight is 374 g/mol. The molecule has 1 aromatic heterocycles. The van der Waals surface area contributed by atoms with Crippen molar-refractivity contribution in [1.29, 1.82) is 0 Å². The maximum Gasteiger partial charge on any atom is 0.222 e. The van der Waals surface area contributed by atoms with Gasteiger partial charge in [-0.25, -0.2) is 0 Å². The van der Waals surface area contributed by atoms with E-state index in [1.807, 2.05) is 11.0 Å². The summed E-state index contributed by atoms with van der Waals surface area (Å²) in [5, 5.41) is 8.83. The Morgan fingerprint density at radius 1 is 0.926 bits per heavy atom. The first kappa shape index (κ1) is 18.5. The van der Waals surface area contributed by atoms with Crippen LogP contribution >= 0.6 is 0 Å². The Kier molecular flexibility index (Phi) is 6.07. The number of carbonyl (C=O) groups excluding carboxylic acids is 1. The van der Waals surface area contributed by atoms with Gasteiger partial charge in [0, 0.05) is 45.7 Å². The normalized spacial score (nSPS) is 21.7. The van der Waals surface area contributed by atoms with E-state index < -0.39 is 0 Å². The number of aromatic nitrogens is 2. The summed E-state index contributed by atoms with van der Waals surface area (Å²) in [5.41, 5.74) is 0. The smallest absolute Gasteiger partial charge is 0.222 e. The molecule has 4 rings (SSSR count). The van der Waals surface area contributed by atoms with Gasteiger partial charge < -0.3 is 19.4 Å². The number of hydrogen-bond donors (Lipinski definition) is 0. The second kappa shape index (κ2) is 8.87. The second-order valence-corrected chi connectivity index (χ2v) is 7.91. The molecule has 148 valence electrons. The Hall–Kier alpha value is -1.89. The molecule has 1 aromatic rings. The van der Waals surface area contributed by atoms with E-state index in [0.717, 1.165) is 82.9 Å².